The van der Waals surface area contributed by atoms with Crippen molar-refractivity contribution in [1.82, 2.24) is 19.5 Å². The van der Waals surface area contributed by atoms with Gasteiger partial charge in [-0.3, -0.25) is 4.79 Å². The Bertz CT molecular complexity index is 1010. The molecule has 1 fully saturated rings. The summed E-state index contributed by atoms with van der Waals surface area (Å²) >= 11 is 6.28. The van der Waals surface area contributed by atoms with Gasteiger partial charge in [-0.2, -0.15) is 18.3 Å². The summed E-state index contributed by atoms with van der Waals surface area (Å²) in [7, 11) is 0. The van der Waals surface area contributed by atoms with Crippen LogP contribution in [0, 0.1) is 0 Å². The highest BCUT2D eigenvalue weighted by molar-refractivity contribution is 6.36. The van der Waals surface area contributed by atoms with Gasteiger partial charge in [0, 0.05) is 13.1 Å². The van der Waals surface area contributed by atoms with Crippen molar-refractivity contribution in [2.75, 3.05) is 13.1 Å². The number of carbonyl (C=O) groups excluding carboxylic acids is 1. The Labute approximate surface area is 162 Å². The summed E-state index contributed by atoms with van der Waals surface area (Å²) in [6.07, 6.45) is 0.308. The first-order chi connectivity index (χ1) is 13.4. The van der Waals surface area contributed by atoms with Crippen LogP contribution in [0.4, 0.5) is 13.2 Å². The summed E-state index contributed by atoms with van der Waals surface area (Å²) in [4.78, 5) is 18.6. The molecule has 4 rings (SSSR count). The van der Waals surface area contributed by atoms with Crippen LogP contribution >= 0.6 is 11.6 Å². The number of aromatic nitrogens is 3. The predicted octanol–water partition coefficient (Wildman–Crippen LogP) is 4.68. The molecule has 3 aromatic heterocycles. The second kappa shape index (κ2) is 7.12. The van der Waals surface area contributed by atoms with Gasteiger partial charge in [-0.1, -0.05) is 24.4 Å². The van der Waals surface area contributed by atoms with E-state index in [-0.39, 0.29) is 27.8 Å². The lowest BCUT2D eigenvalue weighted by atomic mass is 10.2. The van der Waals surface area contributed by atoms with Gasteiger partial charge in [-0.15, -0.1) is 0 Å². The number of likely N-dealkylation sites (tertiary alicyclic amines) is 1. The SMILES string of the molecule is O=C(c1nn2c(C(F)(F)F)cc(-c3ccco3)nc2c1Cl)N1CCCCCC1. The molecule has 148 valence electrons. The minimum Gasteiger partial charge on any atom is -0.463 e. The van der Waals surface area contributed by atoms with Crippen LogP contribution in [-0.2, 0) is 6.18 Å². The molecule has 3 aromatic rings. The van der Waals surface area contributed by atoms with Gasteiger partial charge in [-0.25, -0.2) is 9.50 Å². The lowest BCUT2D eigenvalue weighted by Gasteiger charge is -2.18. The van der Waals surface area contributed by atoms with Crippen molar-refractivity contribution in [2.45, 2.75) is 31.9 Å². The van der Waals surface area contributed by atoms with Crippen molar-refractivity contribution < 1.29 is 22.4 Å². The molecule has 0 saturated carbocycles. The third-order valence-electron chi connectivity index (χ3n) is 4.69. The molecule has 6 nitrogen and oxygen atoms in total. The number of halogens is 4. The maximum Gasteiger partial charge on any atom is 0.433 e. The zero-order valence-corrected chi connectivity index (χ0v) is 15.4. The zero-order valence-electron chi connectivity index (χ0n) is 14.7. The van der Waals surface area contributed by atoms with E-state index in [0.29, 0.717) is 17.6 Å². The highest BCUT2D eigenvalue weighted by atomic mass is 35.5. The zero-order chi connectivity index (χ0) is 19.9. The summed E-state index contributed by atoms with van der Waals surface area (Å²) in [5.41, 5.74) is -1.58. The summed E-state index contributed by atoms with van der Waals surface area (Å²) in [6.45, 7) is 1.06. The van der Waals surface area contributed by atoms with Crippen molar-refractivity contribution >= 4 is 23.2 Å². The van der Waals surface area contributed by atoms with Gasteiger partial charge >= 0.3 is 6.18 Å². The Kier molecular flexibility index (Phi) is 4.78. The third kappa shape index (κ3) is 3.34. The summed E-state index contributed by atoms with van der Waals surface area (Å²) in [5.74, 6) is -0.323. The largest absolute Gasteiger partial charge is 0.463 e. The number of carbonyl (C=O) groups is 1. The number of amides is 1. The van der Waals surface area contributed by atoms with E-state index >= 15 is 0 Å². The number of fused-ring (bicyclic) bond motifs is 1. The Morgan fingerprint density at radius 3 is 2.50 bits per heavy atom. The molecule has 0 radical (unpaired) electrons. The molecule has 1 amide bonds. The monoisotopic (exact) mass is 412 g/mol. The second-order valence-corrected chi connectivity index (χ2v) is 6.98. The van der Waals surface area contributed by atoms with Crippen molar-refractivity contribution in [2.24, 2.45) is 0 Å². The van der Waals surface area contributed by atoms with Crippen LogP contribution < -0.4 is 0 Å². The fourth-order valence-corrected chi connectivity index (χ4v) is 3.55. The molecule has 0 N–H and O–H groups in total. The number of nitrogens with zero attached hydrogens (tertiary/aromatic N) is 4. The highest BCUT2D eigenvalue weighted by Gasteiger charge is 2.37. The Hall–Kier alpha value is -2.55. The Balaban J connectivity index is 1.86. The molecule has 4 heterocycles. The standard InChI is InChI=1S/C18H16ClF3N4O2/c19-14-15(17(27)25-7-3-1-2-4-8-25)24-26-13(18(20,21)22)10-11(23-16(14)26)12-6-5-9-28-12/h5-6,9-10H,1-4,7-8H2. The lowest BCUT2D eigenvalue weighted by Crippen LogP contribution is -2.32. The topological polar surface area (TPSA) is 63.6 Å². The first-order valence-corrected chi connectivity index (χ1v) is 9.23. The van der Waals surface area contributed by atoms with Gasteiger partial charge in [-0.05, 0) is 31.0 Å². The smallest absolute Gasteiger partial charge is 0.433 e. The van der Waals surface area contributed by atoms with Gasteiger partial charge in [0.05, 0.1) is 6.26 Å². The molecule has 1 saturated heterocycles. The minimum absolute atomic E-state index is 0.0413. The van der Waals surface area contributed by atoms with E-state index in [1.165, 1.54) is 12.3 Å². The van der Waals surface area contributed by atoms with Gasteiger partial charge in [0.2, 0.25) is 0 Å². The van der Waals surface area contributed by atoms with E-state index in [0.717, 1.165) is 31.7 Å². The van der Waals surface area contributed by atoms with Crippen LogP contribution in [0.15, 0.2) is 28.9 Å². The molecule has 0 aliphatic carbocycles. The summed E-state index contributed by atoms with van der Waals surface area (Å²) < 4.78 is 46.6. The number of hydrogen-bond acceptors (Lipinski definition) is 4. The first kappa shape index (κ1) is 18.8. The summed E-state index contributed by atoms with van der Waals surface area (Å²) in [5, 5.41) is 3.69. The van der Waals surface area contributed by atoms with Crippen LogP contribution in [0.1, 0.15) is 41.9 Å². The number of alkyl halides is 3. The Morgan fingerprint density at radius 1 is 1.18 bits per heavy atom. The van der Waals surface area contributed by atoms with Crippen molar-refractivity contribution in [3.8, 4) is 11.5 Å². The molecule has 0 spiro atoms. The Morgan fingerprint density at radius 2 is 1.89 bits per heavy atom. The van der Waals surface area contributed by atoms with Crippen LogP contribution in [0.5, 0.6) is 0 Å². The lowest BCUT2D eigenvalue weighted by molar-refractivity contribution is -0.142. The van der Waals surface area contributed by atoms with E-state index in [1.54, 1.807) is 11.0 Å². The molecule has 10 heteroatoms. The molecule has 0 unspecified atom stereocenters. The van der Waals surface area contributed by atoms with E-state index in [1.807, 2.05) is 0 Å². The minimum atomic E-state index is -4.72. The van der Waals surface area contributed by atoms with Crippen molar-refractivity contribution in [3.63, 3.8) is 0 Å². The van der Waals surface area contributed by atoms with E-state index in [2.05, 4.69) is 10.1 Å². The van der Waals surface area contributed by atoms with Gasteiger partial charge < -0.3 is 9.32 Å². The maximum atomic E-state index is 13.6. The fraction of sp³-hybridized carbons (Fsp3) is 0.389. The van der Waals surface area contributed by atoms with Crippen LogP contribution in [-0.4, -0.2) is 38.5 Å². The van der Waals surface area contributed by atoms with Gasteiger partial charge in [0.25, 0.3) is 5.91 Å². The molecule has 0 atom stereocenters. The summed E-state index contributed by atoms with van der Waals surface area (Å²) in [6, 6.07) is 3.86. The van der Waals surface area contributed by atoms with Gasteiger partial charge in [0.1, 0.15) is 10.7 Å². The quantitative estimate of drug-likeness (QED) is 0.613. The van der Waals surface area contributed by atoms with E-state index < -0.39 is 17.8 Å². The molecule has 1 aliphatic heterocycles. The average molecular weight is 413 g/mol. The number of rotatable bonds is 2. The average Bonchev–Trinajstić information content (AvgIpc) is 3.20. The van der Waals surface area contributed by atoms with Crippen LogP contribution in [0.25, 0.3) is 17.1 Å². The molecule has 28 heavy (non-hydrogen) atoms. The third-order valence-corrected chi connectivity index (χ3v) is 5.04. The normalized spacial score (nSPS) is 15.8. The maximum absolute atomic E-state index is 13.6. The highest BCUT2D eigenvalue weighted by Crippen LogP contribution is 2.35. The van der Waals surface area contributed by atoms with Gasteiger partial charge in [0.15, 0.2) is 22.8 Å². The molecule has 0 aromatic carbocycles. The molecule has 0 bridgehead atoms. The van der Waals surface area contributed by atoms with Crippen LogP contribution in [0.3, 0.4) is 0 Å². The molecular formula is C18H16ClF3N4O2. The van der Waals surface area contributed by atoms with Crippen molar-refractivity contribution in [3.05, 3.63) is 40.9 Å². The second-order valence-electron chi connectivity index (χ2n) is 6.61. The van der Waals surface area contributed by atoms with Crippen molar-refractivity contribution in [1.29, 1.82) is 0 Å². The number of hydrogen-bond donors (Lipinski definition) is 0. The predicted molar refractivity (Wildman–Crippen MR) is 95.1 cm³/mol. The number of furan rings is 1. The fourth-order valence-electron chi connectivity index (χ4n) is 3.30. The first-order valence-electron chi connectivity index (χ1n) is 8.86. The van der Waals surface area contributed by atoms with E-state index in [9.17, 15) is 18.0 Å². The van der Waals surface area contributed by atoms with E-state index in [4.69, 9.17) is 16.0 Å². The molecule has 1 aliphatic rings. The molecular weight excluding hydrogens is 397 g/mol. The van der Waals surface area contributed by atoms with Crippen LogP contribution in [0.2, 0.25) is 5.02 Å².